The van der Waals surface area contributed by atoms with Gasteiger partial charge in [0.05, 0.1) is 18.0 Å². The molecule has 0 aliphatic heterocycles. The van der Waals surface area contributed by atoms with Crippen molar-refractivity contribution in [1.82, 2.24) is 4.98 Å². The largest absolute Gasteiger partial charge is 0.383 e. The van der Waals surface area contributed by atoms with Crippen LogP contribution in [-0.2, 0) is 0 Å². The minimum absolute atomic E-state index is 0.0652. The van der Waals surface area contributed by atoms with Crippen LogP contribution in [0.15, 0.2) is 18.3 Å². The lowest BCUT2D eigenvalue weighted by atomic mass is 10.1. The zero-order valence-electron chi connectivity index (χ0n) is 6.55. The van der Waals surface area contributed by atoms with Crippen LogP contribution in [0.3, 0.4) is 0 Å². The summed E-state index contributed by atoms with van der Waals surface area (Å²) in [4.78, 5) is 3.51. The summed E-state index contributed by atoms with van der Waals surface area (Å²) < 4.78 is 12.4. The van der Waals surface area contributed by atoms with Crippen LogP contribution in [0.2, 0.25) is 0 Å². The summed E-state index contributed by atoms with van der Waals surface area (Å²) in [6, 6.07) is 3.75. The summed E-state index contributed by atoms with van der Waals surface area (Å²) in [5.41, 5.74) is 0.0652. The molecule has 0 amide bonds. The minimum Gasteiger partial charge on any atom is -0.383 e. The molecule has 0 radical (unpaired) electrons. The highest BCUT2D eigenvalue weighted by Crippen LogP contribution is 2.13. The molecule has 0 spiro atoms. The van der Waals surface area contributed by atoms with Crippen molar-refractivity contribution >= 4 is 0 Å². The van der Waals surface area contributed by atoms with Gasteiger partial charge in [-0.05, 0) is 12.1 Å². The van der Waals surface area contributed by atoms with Crippen molar-refractivity contribution < 1.29 is 14.6 Å². The fourth-order valence-corrected chi connectivity index (χ4v) is 0.795. The first-order valence-electron chi connectivity index (χ1n) is 3.52. The van der Waals surface area contributed by atoms with E-state index in [0.717, 1.165) is 12.3 Å². The lowest BCUT2D eigenvalue weighted by Crippen LogP contribution is -2.16. The molecule has 0 fully saturated rings. The molecule has 0 aliphatic carbocycles. The van der Waals surface area contributed by atoms with E-state index in [1.54, 1.807) is 0 Å². The van der Waals surface area contributed by atoms with E-state index in [1.807, 2.05) is 0 Å². The van der Waals surface area contributed by atoms with Crippen molar-refractivity contribution in [3.05, 3.63) is 29.8 Å². The number of aliphatic hydroxyl groups is 2. The summed E-state index contributed by atoms with van der Waals surface area (Å²) in [6.07, 6.45) is -2.04. The first-order valence-corrected chi connectivity index (χ1v) is 3.52. The van der Waals surface area contributed by atoms with Crippen LogP contribution < -0.4 is 0 Å². The number of aliphatic hydroxyl groups excluding tert-OH is 2. The Morgan fingerprint density at radius 1 is 1.46 bits per heavy atom. The highest BCUT2D eigenvalue weighted by atomic mass is 19.1. The van der Waals surface area contributed by atoms with Crippen LogP contribution in [0.1, 0.15) is 11.8 Å². The van der Waals surface area contributed by atoms with Gasteiger partial charge in [0.1, 0.15) is 11.9 Å². The van der Waals surface area contributed by atoms with Gasteiger partial charge in [-0.25, -0.2) is 4.39 Å². The lowest BCUT2D eigenvalue weighted by Gasteiger charge is -2.09. The van der Waals surface area contributed by atoms with Crippen molar-refractivity contribution in [3.63, 3.8) is 0 Å². The quantitative estimate of drug-likeness (QED) is 0.637. The summed E-state index contributed by atoms with van der Waals surface area (Å²) in [7, 11) is 0. The molecule has 13 heavy (non-hydrogen) atoms. The number of aromatic nitrogens is 1. The monoisotopic (exact) mass is 182 g/mol. The van der Waals surface area contributed by atoms with Gasteiger partial charge in [-0.15, -0.1) is 0 Å². The highest BCUT2D eigenvalue weighted by molar-refractivity contribution is 5.11. The minimum atomic E-state index is -1.54. The Bertz CT molecular complexity index is 320. The van der Waals surface area contributed by atoms with Crippen molar-refractivity contribution in [3.8, 4) is 6.07 Å². The van der Waals surface area contributed by atoms with Gasteiger partial charge in [0.2, 0.25) is 0 Å². The molecule has 2 atom stereocenters. The van der Waals surface area contributed by atoms with Crippen LogP contribution >= 0.6 is 0 Å². The van der Waals surface area contributed by atoms with Crippen molar-refractivity contribution in [2.24, 2.45) is 0 Å². The first kappa shape index (κ1) is 9.58. The number of halogens is 1. The summed E-state index contributed by atoms with van der Waals surface area (Å²) >= 11 is 0. The Hall–Kier alpha value is -1.51. The van der Waals surface area contributed by atoms with E-state index in [4.69, 9.17) is 10.4 Å². The van der Waals surface area contributed by atoms with E-state index >= 15 is 0 Å². The van der Waals surface area contributed by atoms with E-state index in [9.17, 15) is 9.50 Å². The number of nitrogens with zero attached hydrogens (tertiary/aromatic N) is 2. The second kappa shape index (κ2) is 3.94. The predicted octanol–water partition coefficient (Wildman–Crippen LogP) is 0.139. The highest BCUT2D eigenvalue weighted by Gasteiger charge is 2.18. The van der Waals surface area contributed by atoms with Gasteiger partial charge < -0.3 is 10.2 Å². The van der Waals surface area contributed by atoms with Crippen LogP contribution in [0, 0.1) is 17.1 Å². The fraction of sp³-hybridized carbons (Fsp3) is 0.250. The Balaban J connectivity index is 2.84. The second-order valence-corrected chi connectivity index (χ2v) is 2.42. The number of pyridine rings is 1. The van der Waals surface area contributed by atoms with E-state index in [-0.39, 0.29) is 5.69 Å². The Kier molecular flexibility index (Phi) is 2.90. The number of hydrogen-bond donors (Lipinski definition) is 2. The molecule has 0 aromatic carbocycles. The Labute approximate surface area is 73.9 Å². The SMILES string of the molecule is N#CC(O)C(O)c1ccc(F)cn1. The van der Waals surface area contributed by atoms with Gasteiger partial charge in [0.25, 0.3) is 0 Å². The third kappa shape index (κ3) is 2.21. The molecule has 1 aromatic rings. The molecule has 0 aliphatic rings. The summed E-state index contributed by atoms with van der Waals surface area (Å²) in [5, 5.41) is 26.4. The van der Waals surface area contributed by atoms with E-state index in [1.165, 1.54) is 12.1 Å². The maximum absolute atomic E-state index is 12.4. The standard InChI is InChI=1S/C8H7FN2O2/c9-5-1-2-6(11-4-5)8(13)7(12)3-10/h1-2,4,7-8,12-13H. The fourth-order valence-electron chi connectivity index (χ4n) is 0.795. The molecule has 1 rings (SSSR count). The molecular formula is C8H7FN2O2. The van der Waals surface area contributed by atoms with Crippen molar-refractivity contribution in [2.45, 2.75) is 12.2 Å². The van der Waals surface area contributed by atoms with Crippen molar-refractivity contribution in [1.29, 1.82) is 5.26 Å². The third-order valence-corrected chi connectivity index (χ3v) is 1.48. The molecule has 1 heterocycles. The molecular weight excluding hydrogens is 175 g/mol. The average molecular weight is 182 g/mol. The first-order chi connectivity index (χ1) is 6.15. The molecule has 2 N–H and O–H groups in total. The van der Waals surface area contributed by atoms with Gasteiger partial charge in [0.15, 0.2) is 6.10 Å². The number of rotatable bonds is 2. The normalized spacial score (nSPS) is 14.6. The van der Waals surface area contributed by atoms with E-state index < -0.39 is 18.0 Å². The maximum atomic E-state index is 12.4. The molecule has 0 saturated heterocycles. The summed E-state index contributed by atoms with van der Waals surface area (Å²) in [6.45, 7) is 0. The Morgan fingerprint density at radius 2 is 2.15 bits per heavy atom. The summed E-state index contributed by atoms with van der Waals surface area (Å²) in [5.74, 6) is -0.539. The molecule has 2 unspecified atom stereocenters. The van der Waals surface area contributed by atoms with Gasteiger partial charge in [-0.1, -0.05) is 0 Å². The number of nitriles is 1. The van der Waals surface area contributed by atoms with Crippen molar-refractivity contribution in [2.75, 3.05) is 0 Å². The second-order valence-electron chi connectivity index (χ2n) is 2.42. The van der Waals surface area contributed by atoms with Crippen LogP contribution in [0.25, 0.3) is 0 Å². The predicted molar refractivity (Wildman–Crippen MR) is 40.8 cm³/mol. The molecule has 0 bridgehead atoms. The molecule has 1 aromatic heterocycles. The topological polar surface area (TPSA) is 77.1 Å². The molecule has 68 valence electrons. The van der Waals surface area contributed by atoms with Gasteiger partial charge in [0, 0.05) is 0 Å². The van der Waals surface area contributed by atoms with Gasteiger partial charge >= 0.3 is 0 Å². The molecule has 5 heteroatoms. The zero-order chi connectivity index (χ0) is 9.84. The van der Waals surface area contributed by atoms with Crippen LogP contribution in [0.4, 0.5) is 4.39 Å². The lowest BCUT2D eigenvalue weighted by molar-refractivity contribution is 0.0498. The number of hydrogen-bond acceptors (Lipinski definition) is 4. The molecule has 0 saturated carbocycles. The maximum Gasteiger partial charge on any atom is 0.171 e. The van der Waals surface area contributed by atoms with Crippen LogP contribution in [0.5, 0.6) is 0 Å². The van der Waals surface area contributed by atoms with Crippen LogP contribution in [-0.4, -0.2) is 21.3 Å². The Morgan fingerprint density at radius 3 is 2.62 bits per heavy atom. The van der Waals surface area contributed by atoms with Gasteiger partial charge in [-0.2, -0.15) is 5.26 Å². The van der Waals surface area contributed by atoms with Gasteiger partial charge in [-0.3, -0.25) is 4.98 Å². The third-order valence-electron chi connectivity index (χ3n) is 1.48. The molecule has 4 nitrogen and oxygen atoms in total. The average Bonchev–Trinajstić information content (AvgIpc) is 2.17. The zero-order valence-corrected chi connectivity index (χ0v) is 6.55. The van der Waals surface area contributed by atoms with E-state index in [0.29, 0.717) is 0 Å². The smallest absolute Gasteiger partial charge is 0.171 e. The van der Waals surface area contributed by atoms with E-state index in [2.05, 4.69) is 4.98 Å².